The van der Waals surface area contributed by atoms with Crippen molar-refractivity contribution >= 4 is 23.1 Å². The van der Waals surface area contributed by atoms with Crippen LogP contribution in [0.4, 0.5) is 0 Å². The Hall–Kier alpha value is -2.26. The van der Waals surface area contributed by atoms with E-state index in [1.807, 2.05) is 30.3 Å². The molecule has 0 amide bonds. The van der Waals surface area contributed by atoms with E-state index in [-0.39, 0.29) is 5.56 Å². The number of allylic oxidation sites excluding steroid dienone is 1. The molecule has 4 heteroatoms. The minimum atomic E-state index is -1.19. The molecule has 0 aromatic heterocycles. The van der Waals surface area contributed by atoms with Crippen molar-refractivity contribution in [1.82, 2.24) is 0 Å². The van der Waals surface area contributed by atoms with Crippen molar-refractivity contribution in [2.75, 3.05) is 5.88 Å². The van der Waals surface area contributed by atoms with Gasteiger partial charge in [-0.15, -0.1) is 11.6 Å². The zero-order valence-electron chi connectivity index (χ0n) is 11.1. The number of para-hydroxylation sites is 1. The van der Waals surface area contributed by atoms with Crippen molar-refractivity contribution in [2.45, 2.75) is 6.61 Å². The fraction of sp³-hybridized carbons (Fsp3) is 0.118. The van der Waals surface area contributed by atoms with Gasteiger partial charge in [-0.1, -0.05) is 36.4 Å². The lowest BCUT2D eigenvalue weighted by atomic mass is 9.93. The van der Waals surface area contributed by atoms with Crippen LogP contribution in [0, 0.1) is 0 Å². The minimum Gasteiger partial charge on any atom is -0.545 e. The van der Waals surface area contributed by atoms with Crippen molar-refractivity contribution in [3.8, 4) is 5.75 Å². The number of carboxylic acids is 1. The van der Waals surface area contributed by atoms with Crippen LogP contribution in [-0.4, -0.2) is 11.8 Å². The van der Waals surface area contributed by atoms with Crippen molar-refractivity contribution < 1.29 is 14.6 Å². The standard InChI is InChI=1S/C17H13ClO3/c18-8-7-13-14-3-1-2-4-16(14)21-10-12-6-5-11(17(19)20)9-15(12)13/h1-7,9H,8,10H2,(H,19,20)/p-1/b13-7-. The number of ether oxygens (including phenoxy) is 1. The number of alkyl halides is 1. The molecule has 1 aliphatic rings. The summed E-state index contributed by atoms with van der Waals surface area (Å²) in [7, 11) is 0. The molecule has 0 bridgehead atoms. The Labute approximate surface area is 127 Å². The van der Waals surface area contributed by atoms with Gasteiger partial charge >= 0.3 is 0 Å². The quantitative estimate of drug-likeness (QED) is 0.801. The highest BCUT2D eigenvalue weighted by molar-refractivity contribution is 6.19. The van der Waals surface area contributed by atoms with Crippen molar-refractivity contribution in [1.29, 1.82) is 0 Å². The SMILES string of the molecule is O=C([O-])c1ccc2c(c1)/C(=C\CCl)c1ccccc1OC2. The van der Waals surface area contributed by atoms with E-state index >= 15 is 0 Å². The van der Waals surface area contributed by atoms with E-state index in [0.717, 1.165) is 28.0 Å². The summed E-state index contributed by atoms with van der Waals surface area (Å²) >= 11 is 5.88. The third-order valence-electron chi connectivity index (χ3n) is 3.48. The van der Waals surface area contributed by atoms with Gasteiger partial charge in [-0.05, 0) is 34.4 Å². The molecular formula is C17H12ClO3-. The molecule has 21 heavy (non-hydrogen) atoms. The van der Waals surface area contributed by atoms with Crippen LogP contribution in [-0.2, 0) is 6.61 Å². The first-order valence-electron chi connectivity index (χ1n) is 6.53. The van der Waals surface area contributed by atoms with E-state index in [2.05, 4.69) is 0 Å². The molecule has 0 radical (unpaired) electrons. The summed E-state index contributed by atoms with van der Waals surface area (Å²) in [5, 5.41) is 11.1. The zero-order chi connectivity index (χ0) is 14.8. The first kappa shape index (κ1) is 13.7. The lowest BCUT2D eigenvalue weighted by Gasteiger charge is -2.12. The smallest absolute Gasteiger partial charge is 0.127 e. The fourth-order valence-corrected chi connectivity index (χ4v) is 2.65. The predicted octanol–water partition coefficient (Wildman–Crippen LogP) is 2.61. The van der Waals surface area contributed by atoms with Crippen LogP contribution in [0.3, 0.4) is 0 Å². The number of carbonyl (C=O) groups excluding carboxylic acids is 1. The number of rotatable bonds is 2. The van der Waals surface area contributed by atoms with E-state index in [9.17, 15) is 9.90 Å². The first-order valence-corrected chi connectivity index (χ1v) is 7.07. The molecule has 1 heterocycles. The van der Waals surface area contributed by atoms with Gasteiger partial charge in [0.15, 0.2) is 0 Å². The van der Waals surface area contributed by atoms with E-state index in [1.54, 1.807) is 12.1 Å². The number of carboxylic acid groups (broad SMARTS) is 1. The number of halogens is 1. The summed E-state index contributed by atoms with van der Waals surface area (Å²) < 4.78 is 5.80. The molecule has 0 atom stereocenters. The molecule has 2 aromatic carbocycles. The highest BCUT2D eigenvalue weighted by Crippen LogP contribution is 2.36. The molecule has 2 aromatic rings. The van der Waals surface area contributed by atoms with Gasteiger partial charge in [0.2, 0.25) is 0 Å². The summed E-state index contributed by atoms with van der Waals surface area (Å²) in [5.41, 5.74) is 3.69. The monoisotopic (exact) mass is 299 g/mol. The van der Waals surface area contributed by atoms with Crippen LogP contribution >= 0.6 is 11.6 Å². The summed E-state index contributed by atoms with van der Waals surface area (Å²) in [6.07, 6.45) is 1.87. The van der Waals surface area contributed by atoms with E-state index in [1.165, 1.54) is 6.07 Å². The minimum absolute atomic E-state index is 0.147. The second-order valence-corrected chi connectivity index (χ2v) is 5.02. The van der Waals surface area contributed by atoms with Crippen molar-refractivity contribution in [3.63, 3.8) is 0 Å². The summed E-state index contributed by atoms with van der Waals surface area (Å²) in [5.74, 6) is -0.0971. The van der Waals surface area contributed by atoms with Gasteiger partial charge in [-0.3, -0.25) is 0 Å². The summed E-state index contributed by atoms with van der Waals surface area (Å²) in [6.45, 7) is 0.388. The molecule has 0 unspecified atom stereocenters. The van der Waals surface area contributed by atoms with Gasteiger partial charge in [0, 0.05) is 11.4 Å². The van der Waals surface area contributed by atoms with Gasteiger partial charge in [0.05, 0.1) is 5.97 Å². The van der Waals surface area contributed by atoms with E-state index in [0.29, 0.717) is 12.5 Å². The zero-order valence-corrected chi connectivity index (χ0v) is 11.9. The Morgan fingerprint density at radius 2 is 2.05 bits per heavy atom. The molecule has 0 saturated heterocycles. The highest BCUT2D eigenvalue weighted by atomic mass is 35.5. The number of benzene rings is 2. The summed E-state index contributed by atoms with van der Waals surface area (Å²) in [4.78, 5) is 11.1. The maximum atomic E-state index is 11.1. The molecular weight excluding hydrogens is 288 g/mol. The van der Waals surface area contributed by atoms with Gasteiger partial charge in [0.25, 0.3) is 0 Å². The molecule has 106 valence electrons. The number of aromatic carboxylic acids is 1. The van der Waals surface area contributed by atoms with Crippen molar-refractivity contribution in [3.05, 3.63) is 70.8 Å². The van der Waals surface area contributed by atoms with Crippen LogP contribution in [0.15, 0.2) is 48.5 Å². The Morgan fingerprint density at radius 3 is 2.81 bits per heavy atom. The molecule has 0 spiro atoms. The number of hydrogen-bond donors (Lipinski definition) is 0. The summed E-state index contributed by atoms with van der Waals surface area (Å²) in [6, 6.07) is 12.6. The van der Waals surface area contributed by atoms with E-state index in [4.69, 9.17) is 16.3 Å². The molecule has 3 rings (SSSR count). The third-order valence-corrected chi connectivity index (χ3v) is 3.63. The van der Waals surface area contributed by atoms with Crippen LogP contribution in [0.25, 0.3) is 5.57 Å². The lowest BCUT2D eigenvalue weighted by molar-refractivity contribution is -0.255. The Kier molecular flexibility index (Phi) is 3.67. The van der Waals surface area contributed by atoms with Crippen molar-refractivity contribution in [2.24, 2.45) is 0 Å². The first-order chi connectivity index (χ1) is 10.2. The molecule has 0 saturated carbocycles. The Balaban J connectivity index is 2.24. The fourth-order valence-electron chi connectivity index (χ4n) is 2.49. The van der Waals surface area contributed by atoms with Crippen LogP contribution in [0.1, 0.15) is 27.0 Å². The second-order valence-electron chi connectivity index (χ2n) is 4.72. The third kappa shape index (κ3) is 2.52. The van der Waals surface area contributed by atoms with Gasteiger partial charge < -0.3 is 14.6 Å². The predicted molar refractivity (Wildman–Crippen MR) is 79.3 cm³/mol. The van der Waals surface area contributed by atoms with Gasteiger partial charge in [0.1, 0.15) is 12.4 Å². The largest absolute Gasteiger partial charge is 0.545 e. The van der Waals surface area contributed by atoms with Crippen LogP contribution < -0.4 is 9.84 Å². The molecule has 0 aliphatic carbocycles. The maximum Gasteiger partial charge on any atom is 0.127 e. The van der Waals surface area contributed by atoms with Gasteiger partial charge in [-0.2, -0.15) is 0 Å². The van der Waals surface area contributed by atoms with Crippen LogP contribution in [0.2, 0.25) is 0 Å². The lowest BCUT2D eigenvalue weighted by Crippen LogP contribution is -2.22. The highest BCUT2D eigenvalue weighted by Gasteiger charge is 2.19. The number of carbonyl (C=O) groups is 1. The van der Waals surface area contributed by atoms with Crippen LogP contribution in [0.5, 0.6) is 5.75 Å². The molecule has 1 aliphatic heterocycles. The maximum absolute atomic E-state index is 11.1. The Morgan fingerprint density at radius 1 is 1.24 bits per heavy atom. The average Bonchev–Trinajstić information content (AvgIpc) is 2.65. The average molecular weight is 300 g/mol. The normalized spacial score (nSPS) is 14.8. The van der Waals surface area contributed by atoms with Gasteiger partial charge in [-0.25, -0.2) is 0 Å². The molecule has 0 fully saturated rings. The number of fused-ring (bicyclic) bond motifs is 2. The Bertz CT molecular complexity index is 735. The molecule has 0 N–H and O–H groups in total. The van der Waals surface area contributed by atoms with E-state index < -0.39 is 5.97 Å². The topological polar surface area (TPSA) is 49.4 Å². The second kappa shape index (κ2) is 5.62. The molecule has 3 nitrogen and oxygen atoms in total. The number of hydrogen-bond acceptors (Lipinski definition) is 3.